The van der Waals surface area contributed by atoms with E-state index < -0.39 is 24.8 Å². The van der Waals surface area contributed by atoms with Crippen molar-refractivity contribution in [2.24, 2.45) is 0 Å². The second-order valence-corrected chi connectivity index (χ2v) is 3.15. The second-order valence-electron chi connectivity index (χ2n) is 3.15. The van der Waals surface area contributed by atoms with E-state index in [1.54, 1.807) is 0 Å². The molecular weight excluding hydrogens is 225 g/mol. The van der Waals surface area contributed by atoms with E-state index >= 15 is 0 Å². The molecule has 0 saturated heterocycles. The number of hydrogen-bond acceptors (Lipinski definition) is 2. The van der Waals surface area contributed by atoms with Gasteiger partial charge in [-0.1, -0.05) is 0 Å². The van der Waals surface area contributed by atoms with Crippen LogP contribution in [0.1, 0.15) is 11.1 Å². The third-order valence-corrected chi connectivity index (χ3v) is 1.95. The number of aryl methyl sites for hydroxylation is 1. The summed E-state index contributed by atoms with van der Waals surface area (Å²) in [5, 5.41) is 8.51. The smallest absolute Gasteiger partial charge is 0.387 e. The molecule has 1 rings (SSSR count). The standard InChI is InChI=1S/C10H9F3O3/c1-5-2-6(16-10(12)13)3-8(11)7(5)4-9(14)15/h2-3,10H,4H2,1H3,(H,14,15). The molecule has 0 heterocycles. The minimum absolute atomic E-state index is 0.0332. The van der Waals surface area contributed by atoms with Gasteiger partial charge < -0.3 is 9.84 Å². The molecule has 6 heteroatoms. The van der Waals surface area contributed by atoms with Crippen LogP contribution >= 0.6 is 0 Å². The number of carbonyl (C=O) groups is 1. The molecule has 0 aliphatic rings. The van der Waals surface area contributed by atoms with E-state index in [1.807, 2.05) is 0 Å². The van der Waals surface area contributed by atoms with Gasteiger partial charge in [0.2, 0.25) is 0 Å². The molecule has 0 fully saturated rings. The molecule has 0 spiro atoms. The molecule has 0 aliphatic heterocycles. The number of hydrogen-bond donors (Lipinski definition) is 1. The topological polar surface area (TPSA) is 46.5 Å². The maximum atomic E-state index is 13.3. The molecule has 1 aromatic carbocycles. The predicted molar refractivity (Wildman–Crippen MR) is 49.1 cm³/mol. The van der Waals surface area contributed by atoms with Gasteiger partial charge >= 0.3 is 12.6 Å². The molecule has 0 bridgehead atoms. The van der Waals surface area contributed by atoms with E-state index in [-0.39, 0.29) is 16.9 Å². The van der Waals surface area contributed by atoms with E-state index in [0.717, 1.165) is 6.07 Å². The normalized spacial score (nSPS) is 10.6. The largest absolute Gasteiger partial charge is 0.481 e. The number of rotatable bonds is 4. The first-order valence-corrected chi connectivity index (χ1v) is 4.35. The van der Waals surface area contributed by atoms with Crippen molar-refractivity contribution in [1.29, 1.82) is 0 Å². The Kier molecular flexibility index (Phi) is 3.76. The van der Waals surface area contributed by atoms with Gasteiger partial charge in [-0.05, 0) is 18.6 Å². The maximum absolute atomic E-state index is 13.3. The van der Waals surface area contributed by atoms with Gasteiger partial charge in [0.1, 0.15) is 11.6 Å². The first kappa shape index (κ1) is 12.4. The quantitative estimate of drug-likeness (QED) is 0.869. The minimum Gasteiger partial charge on any atom is -0.481 e. The summed E-state index contributed by atoms with van der Waals surface area (Å²) in [6, 6.07) is 1.92. The summed E-state index contributed by atoms with van der Waals surface area (Å²) in [7, 11) is 0. The van der Waals surface area contributed by atoms with Crippen molar-refractivity contribution in [3.63, 3.8) is 0 Å². The van der Waals surface area contributed by atoms with Gasteiger partial charge in [-0.3, -0.25) is 4.79 Å². The van der Waals surface area contributed by atoms with Gasteiger partial charge in [-0.2, -0.15) is 8.78 Å². The number of carboxylic acid groups (broad SMARTS) is 1. The number of ether oxygens (including phenoxy) is 1. The Morgan fingerprint density at radius 1 is 1.50 bits per heavy atom. The van der Waals surface area contributed by atoms with Crippen molar-refractivity contribution >= 4 is 5.97 Å². The highest BCUT2D eigenvalue weighted by Crippen LogP contribution is 2.23. The minimum atomic E-state index is -3.04. The molecular formula is C10H9F3O3. The van der Waals surface area contributed by atoms with E-state index in [0.29, 0.717) is 0 Å². The lowest BCUT2D eigenvalue weighted by Crippen LogP contribution is -2.07. The zero-order valence-electron chi connectivity index (χ0n) is 8.34. The molecule has 1 aromatic rings. The van der Waals surface area contributed by atoms with Gasteiger partial charge in [0.15, 0.2) is 0 Å². The van der Waals surface area contributed by atoms with Crippen LogP contribution in [0.5, 0.6) is 5.75 Å². The molecule has 1 N–H and O–H groups in total. The molecule has 0 atom stereocenters. The second kappa shape index (κ2) is 4.87. The summed E-state index contributed by atoms with van der Waals surface area (Å²) in [6.07, 6.45) is -0.493. The van der Waals surface area contributed by atoms with Gasteiger partial charge in [-0.15, -0.1) is 0 Å². The number of alkyl halides is 2. The summed E-state index contributed by atoms with van der Waals surface area (Å²) >= 11 is 0. The highest BCUT2D eigenvalue weighted by molar-refractivity contribution is 5.71. The monoisotopic (exact) mass is 234 g/mol. The molecule has 88 valence electrons. The first-order chi connectivity index (χ1) is 7.40. The molecule has 0 aliphatic carbocycles. The van der Waals surface area contributed by atoms with Gasteiger partial charge in [0.25, 0.3) is 0 Å². The number of aliphatic carboxylic acids is 1. The Balaban J connectivity index is 3.02. The lowest BCUT2D eigenvalue weighted by molar-refractivity contribution is -0.136. The summed E-state index contributed by atoms with van der Waals surface area (Å²) < 4.78 is 41.1. The predicted octanol–water partition coefficient (Wildman–Crippen LogP) is 2.36. The summed E-state index contributed by atoms with van der Waals surface area (Å²) in [4.78, 5) is 10.4. The Morgan fingerprint density at radius 2 is 2.12 bits per heavy atom. The summed E-state index contributed by atoms with van der Waals surface area (Å²) in [5.41, 5.74) is 0.229. The van der Waals surface area contributed by atoms with Gasteiger partial charge in [-0.25, -0.2) is 4.39 Å². The lowest BCUT2D eigenvalue weighted by atomic mass is 10.0. The third-order valence-electron chi connectivity index (χ3n) is 1.95. The molecule has 0 amide bonds. The zero-order chi connectivity index (χ0) is 12.3. The van der Waals surface area contributed by atoms with Crippen molar-refractivity contribution in [2.75, 3.05) is 0 Å². The van der Waals surface area contributed by atoms with Crippen molar-refractivity contribution in [3.8, 4) is 5.75 Å². The molecule has 0 saturated carbocycles. The van der Waals surface area contributed by atoms with Crippen LogP contribution in [0.4, 0.5) is 13.2 Å². The van der Waals surface area contributed by atoms with Crippen LogP contribution in [0.25, 0.3) is 0 Å². The average molecular weight is 234 g/mol. The van der Waals surface area contributed by atoms with Gasteiger partial charge in [0, 0.05) is 11.6 Å². The molecule has 0 radical (unpaired) electrons. The zero-order valence-corrected chi connectivity index (χ0v) is 8.34. The van der Waals surface area contributed by atoms with Crippen LogP contribution in [0.15, 0.2) is 12.1 Å². The maximum Gasteiger partial charge on any atom is 0.387 e. The average Bonchev–Trinajstić information content (AvgIpc) is 2.10. The first-order valence-electron chi connectivity index (χ1n) is 4.35. The van der Waals surface area contributed by atoms with Crippen molar-refractivity contribution in [2.45, 2.75) is 20.0 Å². The Labute approximate surface area is 89.5 Å². The van der Waals surface area contributed by atoms with E-state index in [2.05, 4.69) is 4.74 Å². The van der Waals surface area contributed by atoms with Crippen LogP contribution in [0.3, 0.4) is 0 Å². The lowest BCUT2D eigenvalue weighted by Gasteiger charge is -2.09. The van der Waals surface area contributed by atoms with Crippen LogP contribution < -0.4 is 4.74 Å². The van der Waals surface area contributed by atoms with Crippen LogP contribution in [0.2, 0.25) is 0 Å². The summed E-state index contributed by atoms with van der Waals surface area (Å²) in [5.74, 6) is -2.37. The molecule has 0 unspecified atom stereocenters. The number of halogens is 3. The molecule has 16 heavy (non-hydrogen) atoms. The highest BCUT2D eigenvalue weighted by atomic mass is 19.3. The van der Waals surface area contributed by atoms with E-state index in [1.165, 1.54) is 13.0 Å². The molecule has 0 aromatic heterocycles. The Hall–Kier alpha value is -1.72. The fraction of sp³-hybridized carbons (Fsp3) is 0.300. The van der Waals surface area contributed by atoms with Crippen LogP contribution in [0, 0.1) is 12.7 Å². The Morgan fingerprint density at radius 3 is 2.56 bits per heavy atom. The highest BCUT2D eigenvalue weighted by Gasteiger charge is 2.14. The Bertz CT molecular complexity index is 381. The SMILES string of the molecule is Cc1cc(OC(F)F)cc(F)c1CC(=O)O. The van der Waals surface area contributed by atoms with Crippen molar-refractivity contribution in [3.05, 3.63) is 29.1 Å². The van der Waals surface area contributed by atoms with Crippen LogP contribution in [-0.2, 0) is 11.2 Å². The molecule has 3 nitrogen and oxygen atoms in total. The summed E-state index contributed by atoms with van der Waals surface area (Å²) in [6.45, 7) is -1.61. The van der Waals surface area contributed by atoms with Gasteiger partial charge in [0.05, 0.1) is 6.42 Å². The van der Waals surface area contributed by atoms with E-state index in [4.69, 9.17) is 5.11 Å². The third kappa shape index (κ3) is 3.15. The fourth-order valence-corrected chi connectivity index (χ4v) is 1.29. The van der Waals surface area contributed by atoms with Crippen molar-refractivity contribution < 1.29 is 27.8 Å². The number of carboxylic acids is 1. The van der Waals surface area contributed by atoms with E-state index in [9.17, 15) is 18.0 Å². The fourth-order valence-electron chi connectivity index (χ4n) is 1.29. The number of benzene rings is 1. The van der Waals surface area contributed by atoms with Crippen molar-refractivity contribution in [1.82, 2.24) is 0 Å². The van der Waals surface area contributed by atoms with Crippen LogP contribution in [-0.4, -0.2) is 17.7 Å².